The lowest BCUT2D eigenvalue weighted by molar-refractivity contribution is 0.652. The van der Waals surface area contributed by atoms with E-state index in [9.17, 15) is 4.39 Å². The van der Waals surface area contributed by atoms with Crippen molar-refractivity contribution < 1.29 is 4.39 Å². The summed E-state index contributed by atoms with van der Waals surface area (Å²) in [5.74, 6) is -0.282. The van der Waals surface area contributed by atoms with Crippen molar-refractivity contribution in [1.82, 2.24) is 9.97 Å². The van der Waals surface area contributed by atoms with Gasteiger partial charge >= 0.3 is 0 Å². The molecular weight excluding hydrogens is 351 g/mol. The molecule has 0 aliphatic carbocycles. The van der Waals surface area contributed by atoms with Gasteiger partial charge in [0.15, 0.2) is 0 Å². The number of nitrogens with one attached hydrogen (secondary N) is 2. The second-order valence-electron chi connectivity index (χ2n) is 6.58. The molecule has 1 aliphatic heterocycles. The minimum absolute atomic E-state index is 0.282. The molecule has 1 aromatic heterocycles. The number of hydrogen-bond donors (Lipinski definition) is 2. The molecule has 0 amide bonds. The maximum atomic E-state index is 13.0. The van der Waals surface area contributed by atoms with Crippen LogP contribution < -0.4 is 4.90 Å². The summed E-state index contributed by atoms with van der Waals surface area (Å²) in [5.41, 5.74) is 4.25. The first-order chi connectivity index (χ1) is 13.7. The number of benzene rings is 1. The fourth-order valence-electron chi connectivity index (χ4n) is 2.82. The lowest BCUT2D eigenvalue weighted by Crippen LogP contribution is -2.30. The van der Waals surface area contributed by atoms with Gasteiger partial charge in [0.25, 0.3) is 0 Å². The number of para-hydroxylation sites is 1. The largest absolute Gasteiger partial charge is 0.365 e. The first kappa shape index (κ1) is 21.4. The molecule has 5 heteroatoms. The highest BCUT2D eigenvalue weighted by atomic mass is 19.1. The first-order valence-corrected chi connectivity index (χ1v) is 9.66. The van der Waals surface area contributed by atoms with E-state index in [0.717, 1.165) is 38.6 Å². The zero-order chi connectivity index (χ0) is 20.2. The van der Waals surface area contributed by atoms with E-state index in [-0.39, 0.29) is 5.83 Å². The fourth-order valence-corrected chi connectivity index (χ4v) is 2.82. The second-order valence-corrected chi connectivity index (χ2v) is 6.58. The number of aromatic nitrogens is 2. The highest BCUT2D eigenvalue weighted by Gasteiger charge is 2.17. The number of imidazole rings is 1. The molecule has 2 heterocycles. The van der Waals surface area contributed by atoms with Crippen molar-refractivity contribution in [1.29, 1.82) is 5.41 Å². The third-order valence-electron chi connectivity index (χ3n) is 4.44. The number of nitrogens with zero attached hydrogens (tertiary/aromatic N) is 2. The maximum Gasteiger partial charge on any atom is 0.126 e. The molecule has 2 N–H and O–H groups in total. The zero-order valence-corrected chi connectivity index (χ0v) is 16.7. The van der Waals surface area contributed by atoms with Crippen LogP contribution in [0.2, 0.25) is 0 Å². The number of unbranched alkanes of at least 4 members (excludes halogenated alkanes) is 1. The van der Waals surface area contributed by atoms with Crippen LogP contribution >= 0.6 is 0 Å². The SMILES string of the molecule is CCC\C=C/C=C(F)\C(C)=C\C=N.c1ccc(N2CCc3nc[nH]c3C2)cc1. The summed E-state index contributed by atoms with van der Waals surface area (Å²) < 4.78 is 13.0. The number of anilines is 1. The predicted molar refractivity (Wildman–Crippen MR) is 116 cm³/mol. The van der Waals surface area contributed by atoms with Crippen molar-refractivity contribution in [2.75, 3.05) is 11.4 Å². The molecule has 4 nitrogen and oxygen atoms in total. The monoisotopic (exact) mass is 380 g/mol. The number of rotatable bonds is 6. The van der Waals surface area contributed by atoms with Crippen LogP contribution in [0, 0.1) is 5.41 Å². The average molecular weight is 381 g/mol. The lowest BCUT2D eigenvalue weighted by atomic mass is 10.1. The Labute approximate surface area is 167 Å². The molecule has 0 radical (unpaired) electrons. The Morgan fingerprint density at radius 3 is 2.79 bits per heavy atom. The minimum Gasteiger partial charge on any atom is -0.365 e. The Hall–Kier alpha value is -2.95. The molecule has 0 spiro atoms. The van der Waals surface area contributed by atoms with Crippen LogP contribution in [0.25, 0.3) is 0 Å². The first-order valence-electron chi connectivity index (χ1n) is 9.66. The van der Waals surface area contributed by atoms with Crippen LogP contribution in [0.3, 0.4) is 0 Å². The van der Waals surface area contributed by atoms with E-state index in [0.29, 0.717) is 5.57 Å². The molecule has 0 atom stereocenters. The molecule has 28 heavy (non-hydrogen) atoms. The number of hydrogen-bond acceptors (Lipinski definition) is 3. The highest BCUT2D eigenvalue weighted by molar-refractivity contribution is 5.70. The predicted octanol–water partition coefficient (Wildman–Crippen LogP) is 5.76. The molecule has 2 aromatic rings. The van der Waals surface area contributed by atoms with E-state index >= 15 is 0 Å². The Kier molecular flexibility index (Phi) is 8.92. The molecule has 0 fully saturated rings. The average Bonchev–Trinajstić information content (AvgIpc) is 3.20. The van der Waals surface area contributed by atoms with Crippen LogP contribution in [0.1, 0.15) is 38.1 Å². The van der Waals surface area contributed by atoms with Gasteiger partial charge in [-0.15, -0.1) is 0 Å². The lowest BCUT2D eigenvalue weighted by Gasteiger charge is -2.28. The van der Waals surface area contributed by atoms with Crippen LogP contribution in [0.5, 0.6) is 0 Å². The normalized spacial score (nSPS) is 14.5. The highest BCUT2D eigenvalue weighted by Crippen LogP contribution is 2.21. The Balaban J connectivity index is 0.000000204. The van der Waals surface area contributed by atoms with Gasteiger partial charge in [-0.25, -0.2) is 9.37 Å². The third kappa shape index (κ3) is 6.65. The van der Waals surface area contributed by atoms with E-state index < -0.39 is 0 Å². The van der Waals surface area contributed by atoms with Gasteiger partial charge in [-0.2, -0.15) is 0 Å². The summed E-state index contributed by atoms with van der Waals surface area (Å²) in [7, 11) is 0. The number of H-pyrrole nitrogens is 1. The van der Waals surface area contributed by atoms with Crippen molar-refractivity contribution in [3.63, 3.8) is 0 Å². The summed E-state index contributed by atoms with van der Waals surface area (Å²) in [6.45, 7) is 5.72. The fraction of sp³-hybridized carbons (Fsp3) is 0.304. The van der Waals surface area contributed by atoms with Crippen LogP contribution in [0.4, 0.5) is 10.1 Å². The summed E-state index contributed by atoms with van der Waals surface area (Å²) in [6, 6.07) is 10.5. The number of aromatic amines is 1. The molecule has 1 aliphatic rings. The van der Waals surface area contributed by atoms with Gasteiger partial charge in [-0.3, -0.25) is 0 Å². The van der Waals surface area contributed by atoms with Crippen LogP contribution in [-0.4, -0.2) is 22.7 Å². The third-order valence-corrected chi connectivity index (χ3v) is 4.44. The molecule has 0 saturated heterocycles. The van der Waals surface area contributed by atoms with Gasteiger partial charge in [0.05, 0.1) is 24.3 Å². The second kappa shape index (κ2) is 11.7. The van der Waals surface area contributed by atoms with Crippen molar-refractivity contribution in [2.24, 2.45) is 0 Å². The van der Waals surface area contributed by atoms with Gasteiger partial charge in [0, 0.05) is 24.9 Å². The Morgan fingerprint density at radius 1 is 1.29 bits per heavy atom. The molecule has 148 valence electrons. The molecule has 0 unspecified atom stereocenters. The van der Waals surface area contributed by atoms with E-state index in [1.165, 1.54) is 29.2 Å². The van der Waals surface area contributed by atoms with Gasteiger partial charge in [0.1, 0.15) is 5.83 Å². The maximum absolute atomic E-state index is 13.0. The van der Waals surface area contributed by atoms with Crippen LogP contribution in [-0.2, 0) is 13.0 Å². The summed E-state index contributed by atoms with van der Waals surface area (Å²) in [6.07, 6.45) is 12.4. The number of allylic oxidation sites excluding steroid dienone is 6. The van der Waals surface area contributed by atoms with Crippen molar-refractivity contribution >= 4 is 11.9 Å². The Bertz CT molecular complexity index is 818. The summed E-state index contributed by atoms with van der Waals surface area (Å²) >= 11 is 0. The van der Waals surface area contributed by atoms with E-state index in [1.807, 2.05) is 6.08 Å². The van der Waals surface area contributed by atoms with Gasteiger partial charge in [-0.05, 0) is 43.2 Å². The molecule has 0 saturated carbocycles. The van der Waals surface area contributed by atoms with Crippen molar-refractivity contribution in [2.45, 2.75) is 39.7 Å². The smallest absolute Gasteiger partial charge is 0.126 e. The number of halogens is 1. The standard InChI is InChI=1S/C12H13N3.C11H16FN/c1-2-4-10(5-3-1)15-7-6-11-12(8-15)14-9-13-11;1-3-4-5-6-7-11(12)10(2)8-9-13/h1-5,9H,6-8H2,(H,13,14);5-9,13H,3-4H2,1-2H3/b;6-5-,10-8+,11-7+,13-9?. The van der Waals surface area contributed by atoms with Gasteiger partial charge in [-0.1, -0.05) is 43.7 Å². The van der Waals surface area contributed by atoms with Crippen LogP contribution in [0.15, 0.2) is 72.4 Å². The molecular formula is C23H29FN4. The number of fused-ring (bicyclic) bond motifs is 1. The van der Waals surface area contributed by atoms with E-state index in [4.69, 9.17) is 5.41 Å². The van der Waals surface area contributed by atoms with Crippen molar-refractivity contribution in [3.05, 3.63) is 83.8 Å². The molecule has 0 bridgehead atoms. The quantitative estimate of drug-likeness (QED) is 0.494. The topological polar surface area (TPSA) is 55.8 Å². The minimum atomic E-state index is -0.282. The van der Waals surface area contributed by atoms with E-state index in [2.05, 4.69) is 52.1 Å². The molecule has 3 rings (SSSR count). The van der Waals surface area contributed by atoms with Gasteiger partial charge in [0.2, 0.25) is 0 Å². The molecule has 1 aromatic carbocycles. The van der Waals surface area contributed by atoms with Crippen molar-refractivity contribution in [3.8, 4) is 0 Å². The summed E-state index contributed by atoms with van der Waals surface area (Å²) in [4.78, 5) is 9.88. The summed E-state index contributed by atoms with van der Waals surface area (Å²) in [5, 5.41) is 6.76. The van der Waals surface area contributed by atoms with Gasteiger partial charge < -0.3 is 15.3 Å². The zero-order valence-electron chi connectivity index (χ0n) is 16.7. The van der Waals surface area contributed by atoms with E-state index in [1.54, 1.807) is 19.3 Å². The Morgan fingerprint density at radius 2 is 2.07 bits per heavy atom.